The summed E-state index contributed by atoms with van der Waals surface area (Å²) in [6.45, 7) is 7.06. The first-order valence-corrected chi connectivity index (χ1v) is 5.77. The van der Waals surface area contributed by atoms with Crippen molar-refractivity contribution in [3.05, 3.63) is 23.7 Å². The van der Waals surface area contributed by atoms with Crippen molar-refractivity contribution in [1.82, 2.24) is 10.2 Å². The Labute approximate surface area is 103 Å². The molecule has 0 amide bonds. The van der Waals surface area contributed by atoms with Crippen LogP contribution in [0.15, 0.2) is 16.5 Å². The van der Waals surface area contributed by atoms with Crippen LogP contribution in [0.3, 0.4) is 0 Å². The van der Waals surface area contributed by atoms with E-state index >= 15 is 0 Å². The number of nitrogens with one attached hydrogen (secondary N) is 1. The molecule has 1 aromatic heterocycles. The second-order valence-corrected chi connectivity index (χ2v) is 5.38. The summed E-state index contributed by atoms with van der Waals surface area (Å²) in [5.41, 5.74) is 0.216. The lowest BCUT2D eigenvalue weighted by atomic mass is 9.93. The van der Waals surface area contributed by atoms with Crippen molar-refractivity contribution in [2.45, 2.75) is 20.4 Å². The fraction of sp³-hybridized carbons (Fsp3) is 0.615. The molecule has 0 aliphatic rings. The zero-order chi connectivity index (χ0) is 12.9. The first-order valence-electron chi connectivity index (χ1n) is 5.77. The lowest BCUT2D eigenvalue weighted by Gasteiger charge is -2.28. The van der Waals surface area contributed by atoms with E-state index in [-0.39, 0.29) is 5.41 Å². The number of nitriles is 1. The van der Waals surface area contributed by atoms with Crippen molar-refractivity contribution in [3.63, 3.8) is 0 Å². The molecule has 0 fully saturated rings. The summed E-state index contributed by atoms with van der Waals surface area (Å²) in [6, 6.07) is 5.51. The number of nitrogens with zero attached hydrogens (tertiary/aromatic N) is 2. The molecule has 0 atom stereocenters. The van der Waals surface area contributed by atoms with E-state index in [9.17, 15) is 0 Å². The highest BCUT2D eigenvalue weighted by atomic mass is 16.3. The molecule has 94 valence electrons. The topological polar surface area (TPSA) is 52.2 Å². The molecule has 0 aromatic carbocycles. The molecule has 1 N–H and O–H groups in total. The standard InChI is InChI=1S/C13H21N3O/c1-13(2,10-16(3)4)9-15-8-12-6-5-11(7-14)17-12/h5-6,15H,8-10H2,1-4H3. The summed E-state index contributed by atoms with van der Waals surface area (Å²) < 4.78 is 5.29. The van der Waals surface area contributed by atoms with Crippen LogP contribution < -0.4 is 5.32 Å². The highest BCUT2D eigenvalue weighted by molar-refractivity contribution is 5.18. The minimum Gasteiger partial charge on any atom is -0.449 e. The SMILES string of the molecule is CN(C)CC(C)(C)CNCc1ccc(C#N)o1. The molecular weight excluding hydrogens is 214 g/mol. The van der Waals surface area contributed by atoms with Gasteiger partial charge in [0.15, 0.2) is 0 Å². The van der Waals surface area contributed by atoms with Crippen molar-refractivity contribution in [2.24, 2.45) is 5.41 Å². The summed E-state index contributed by atoms with van der Waals surface area (Å²) >= 11 is 0. The van der Waals surface area contributed by atoms with E-state index in [1.165, 1.54) is 0 Å². The van der Waals surface area contributed by atoms with E-state index in [0.717, 1.165) is 18.8 Å². The number of hydrogen-bond acceptors (Lipinski definition) is 4. The van der Waals surface area contributed by atoms with E-state index in [0.29, 0.717) is 12.3 Å². The van der Waals surface area contributed by atoms with Crippen LogP contribution in [0.2, 0.25) is 0 Å². The summed E-state index contributed by atoms with van der Waals surface area (Å²) in [4.78, 5) is 2.18. The molecule has 0 aliphatic carbocycles. The van der Waals surface area contributed by atoms with E-state index < -0.39 is 0 Å². The van der Waals surface area contributed by atoms with Gasteiger partial charge < -0.3 is 14.6 Å². The fourth-order valence-electron chi connectivity index (χ4n) is 1.97. The first-order chi connectivity index (χ1) is 7.93. The predicted molar refractivity (Wildman–Crippen MR) is 67.5 cm³/mol. The van der Waals surface area contributed by atoms with Crippen molar-refractivity contribution in [3.8, 4) is 6.07 Å². The average molecular weight is 235 g/mol. The highest BCUT2D eigenvalue weighted by Crippen LogP contribution is 2.14. The Morgan fingerprint density at radius 2 is 2.12 bits per heavy atom. The molecule has 1 aromatic rings. The lowest BCUT2D eigenvalue weighted by Crippen LogP contribution is -2.37. The van der Waals surface area contributed by atoms with Gasteiger partial charge in [-0.05, 0) is 31.6 Å². The molecule has 4 heteroatoms. The second kappa shape index (κ2) is 5.85. The van der Waals surface area contributed by atoms with Gasteiger partial charge in [-0.2, -0.15) is 5.26 Å². The van der Waals surface area contributed by atoms with Crippen LogP contribution >= 0.6 is 0 Å². The summed E-state index contributed by atoms with van der Waals surface area (Å²) in [5, 5.41) is 12.0. The van der Waals surface area contributed by atoms with E-state index in [2.05, 4.69) is 38.2 Å². The monoisotopic (exact) mass is 235 g/mol. The zero-order valence-corrected chi connectivity index (χ0v) is 11.1. The highest BCUT2D eigenvalue weighted by Gasteiger charge is 2.18. The minimum atomic E-state index is 0.216. The third-order valence-electron chi connectivity index (χ3n) is 2.42. The van der Waals surface area contributed by atoms with Crippen LogP contribution in [0.5, 0.6) is 0 Å². The van der Waals surface area contributed by atoms with Crippen LogP contribution in [-0.2, 0) is 6.54 Å². The van der Waals surface area contributed by atoms with Crippen LogP contribution in [-0.4, -0.2) is 32.1 Å². The lowest BCUT2D eigenvalue weighted by molar-refractivity contribution is 0.230. The quantitative estimate of drug-likeness (QED) is 0.817. The summed E-state index contributed by atoms with van der Waals surface area (Å²) in [7, 11) is 4.15. The van der Waals surface area contributed by atoms with Crippen LogP contribution in [0.1, 0.15) is 25.4 Å². The molecule has 1 heterocycles. The molecule has 0 spiro atoms. The van der Waals surface area contributed by atoms with Gasteiger partial charge in [0, 0.05) is 13.1 Å². The van der Waals surface area contributed by atoms with Gasteiger partial charge in [-0.3, -0.25) is 0 Å². The van der Waals surface area contributed by atoms with Crippen molar-refractivity contribution < 1.29 is 4.42 Å². The molecule has 1 rings (SSSR count). The van der Waals surface area contributed by atoms with Crippen LogP contribution in [0.4, 0.5) is 0 Å². The summed E-state index contributed by atoms with van der Waals surface area (Å²) in [5.74, 6) is 1.18. The van der Waals surface area contributed by atoms with Gasteiger partial charge in [0.05, 0.1) is 6.54 Å². The molecule has 0 unspecified atom stereocenters. The molecule has 0 saturated carbocycles. The fourth-order valence-corrected chi connectivity index (χ4v) is 1.97. The first kappa shape index (κ1) is 13.8. The van der Waals surface area contributed by atoms with Gasteiger partial charge in [-0.1, -0.05) is 13.8 Å². The van der Waals surface area contributed by atoms with Gasteiger partial charge in [0.1, 0.15) is 11.8 Å². The molecule has 0 aliphatic heterocycles. The van der Waals surface area contributed by atoms with Crippen molar-refractivity contribution >= 4 is 0 Å². The average Bonchev–Trinajstić information content (AvgIpc) is 2.63. The summed E-state index contributed by atoms with van der Waals surface area (Å²) in [6.07, 6.45) is 0. The molecular formula is C13H21N3O. The van der Waals surface area contributed by atoms with E-state index in [4.69, 9.17) is 9.68 Å². The predicted octanol–water partition coefficient (Wildman–Crippen LogP) is 1.83. The van der Waals surface area contributed by atoms with Gasteiger partial charge in [0.25, 0.3) is 0 Å². The Hall–Kier alpha value is -1.31. The molecule has 17 heavy (non-hydrogen) atoms. The minimum absolute atomic E-state index is 0.216. The molecule has 0 saturated heterocycles. The Morgan fingerprint density at radius 1 is 1.41 bits per heavy atom. The Morgan fingerprint density at radius 3 is 2.65 bits per heavy atom. The Kier molecular flexibility index (Phi) is 4.73. The van der Waals surface area contributed by atoms with E-state index in [1.54, 1.807) is 6.07 Å². The number of rotatable bonds is 6. The van der Waals surface area contributed by atoms with Gasteiger partial charge in [0.2, 0.25) is 5.76 Å². The maximum absolute atomic E-state index is 8.64. The van der Waals surface area contributed by atoms with Crippen molar-refractivity contribution in [2.75, 3.05) is 27.2 Å². The molecule has 0 bridgehead atoms. The smallest absolute Gasteiger partial charge is 0.203 e. The third-order valence-corrected chi connectivity index (χ3v) is 2.42. The largest absolute Gasteiger partial charge is 0.449 e. The zero-order valence-electron chi connectivity index (χ0n) is 11.1. The maximum atomic E-state index is 8.64. The Balaban J connectivity index is 2.35. The third kappa shape index (κ3) is 5.03. The van der Waals surface area contributed by atoms with E-state index in [1.807, 2.05) is 12.1 Å². The van der Waals surface area contributed by atoms with Crippen LogP contribution in [0, 0.1) is 16.7 Å². The molecule has 0 radical (unpaired) electrons. The normalized spacial score (nSPS) is 11.8. The van der Waals surface area contributed by atoms with Crippen molar-refractivity contribution in [1.29, 1.82) is 5.26 Å². The Bertz CT molecular complexity index is 388. The van der Waals surface area contributed by atoms with Crippen LogP contribution in [0.25, 0.3) is 0 Å². The molecule has 4 nitrogen and oxygen atoms in total. The number of hydrogen-bond donors (Lipinski definition) is 1. The number of furan rings is 1. The van der Waals surface area contributed by atoms with Gasteiger partial charge in [-0.25, -0.2) is 0 Å². The maximum Gasteiger partial charge on any atom is 0.203 e. The second-order valence-electron chi connectivity index (χ2n) is 5.38. The van der Waals surface area contributed by atoms with Gasteiger partial charge >= 0.3 is 0 Å². The van der Waals surface area contributed by atoms with Gasteiger partial charge in [-0.15, -0.1) is 0 Å².